The molecule has 0 atom stereocenters. The van der Waals surface area contributed by atoms with E-state index in [0.717, 1.165) is 36.6 Å². The molecule has 0 unspecified atom stereocenters. The number of benzene rings is 2. The number of ether oxygens (including phenoxy) is 1. The molecule has 0 aliphatic rings. The zero-order valence-electron chi connectivity index (χ0n) is 14.1. The minimum absolute atomic E-state index is 0.0197. The van der Waals surface area contributed by atoms with E-state index in [4.69, 9.17) is 0 Å². The topological polar surface area (TPSA) is 101 Å². The van der Waals surface area contributed by atoms with Crippen LogP contribution in [0.15, 0.2) is 63.2 Å². The summed E-state index contributed by atoms with van der Waals surface area (Å²) < 4.78 is 88.1. The van der Waals surface area contributed by atoms with E-state index in [9.17, 15) is 35.3 Å². The number of hydrogen-bond acceptors (Lipinski definition) is 6. The van der Waals surface area contributed by atoms with Gasteiger partial charge < -0.3 is 4.74 Å². The monoisotopic (exact) mass is 431 g/mol. The summed E-state index contributed by atoms with van der Waals surface area (Å²) in [6.45, 7) is 0. The molecular weight excluding hydrogens is 419 g/mol. The summed E-state index contributed by atoms with van der Waals surface area (Å²) in [7, 11) is -7.74. The van der Waals surface area contributed by atoms with E-state index >= 15 is 0 Å². The summed E-state index contributed by atoms with van der Waals surface area (Å²) in [6.07, 6.45) is -2.88. The zero-order chi connectivity index (χ0) is 21.2. The van der Waals surface area contributed by atoms with Crippen molar-refractivity contribution in [2.24, 2.45) is 0 Å². The van der Waals surface area contributed by atoms with Gasteiger partial charge in [0.25, 0.3) is 0 Å². The van der Waals surface area contributed by atoms with Gasteiger partial charge in [-0.25, -0.2) is 16.8 Å². The Hall–Kier alpha value is -2.84. The molecule has 11 heteroatoms. The SMILES string of the molecule is CS(=O)(=O)c1ccc(C=C(C#N)S(=O)(=O)c2ccc(OC(F)(F)F)cc2)cc1. The maximum Gasteiger partial charge on any atom is 0.573 e. The first-order valence-corrected chi connectivity index (χ1v) is 10.7. The Morgan fingerprint density at radius 1 is 0.964 bits per heavy atom. The van der Waals surface area contributed by atoms with Crippen LogP contribution < -0.4 is 4.74 Å². The zero-order valence-corrected chi connectivity index (χ0v) is 15.8. The van der Waals surface area contributed by atoms with E-state index in [0.29, 0.717) is 0 Å². The minimum atomic E-state index is -4.92. The molecule has 28 heavy (non-hydrogen) atoms. The highest BCUT2D eigenvalue weighted by Crippen LogP contribution is 2.27. The summed E-state index contributed by atoms with van der Waals surface area (Å²) in [5, 5.41) is 9.21. The lowest BCUT2D eigenvalue weighted by molar-refractivity contribution is -0.274. The molecule has 0 aromatic heterocycles. The molecular formula is C17H12F3NO5S2. The average Bonchev–Trinajstić information content (AvgIpc) is 2.58. The molecule has 0 bridgehead atoms. The van der Waals surface area contributed by atoms with Crippen LogP contribution in [0.1, 0.15) is 5.56 Å². The molecule has 0 fully saturated rings. The predicted molar refractivity (Wildman–Crippen MR) is 93.5 cm³/mol. The molecule has 0 aliphatic heterocycles. The Morgan fingerprint density at radius 3 is 1.89 bits per heavy atom. The second-order valence-electron chi connectivity index (χ2n) is 5.48. The first-order valence-electron chi connectivity index (χ1n) is 7.36. The molecule has 0 N–H and O–H groups in total. The van der Waals surface area contributed by atoms with Crippen LogP contribution in [0.2, 0.25) is 0 Å². The molecule has 148 valence electrons. The van der Waals surface area contributed by atoms with Crippen molar-refractivity contribution in [1.29, 1.82) is 5.26 Å². The van der Waals surface area contributed by atoms with Crippen molar-refractivity contribution in [3.05, 3.63) is 59.0 Å². The summed E-state index contributed by atoms with van der Waals surface area (Å²) in [5.74, 6) is -0.606. The van der Waals surface area contributed by atoms with Gasteiger partial charge in [-0.2, -0.15) is 5.26 Å². The van der Waals surface area contributed by atoms with Crippen molar-refractivity contribution in [2.75, 3.05) is 6.26 Å². The number of alkyl halides is 3. The van der Waals surface area contributed by atoms with Crippen molar-refractivity contribution in [3.8, 4) is 11.8 Å². The van der Waals surface area contributed by atoms with Crippen LogP contribution in [0.4, 0.5) is 13.2 Å². The smallest absolute Gasteiger partial charge is 0.406 e. The van der Waals surface area contributed by atoms with E-state index in [1.165, 1.54) is 30.3 Å². The van der Waals surface area contributed by atoms with E-state index < -0.39 is 41.6 Å². The van der Waals surface area contributed by atoms with Gasteiger partial charge in [0.05, 0.1) is 9.79 Å². The van der Waals surface area contributed by atoms with Gasteiger partial charge >= 0.3 is 6.36 Å². The lowest BCUT2D eigenvalue weighted by Gasteiger charge is -2.09. The quantitative estimate of drug-likeness (QED) is 0.673. The first kappa shape index (κ1) is 21.5. The minimum Gasteiger partial charge on any atom is -0.406 e. The number of allylic oxidation sites excluding steroid dienone is 1. The molecule has 0 radical (unpaired) electrons. The highest BCUT2D eigenvalue weighted by molar-refractivity contribution is 7.95. The molecule has 0 aliphatic carbocycles. The van der Waals surface area contributed by atoms with Crippen molar-refractivity contribution in [3.63, 3.8) is 0 Å². The van der Waals surface area contributed by atoms with Crippen LogP contribution in [-0.2, 0) is 19.7 Å². The van der Waals surface area contributed by atoms with Crippen LogP contribution in [0.25, 0.3) is 6.08 Å². The van der Waals surface area contributed by atoms with Crippen LogP contribution in [0.5, 0.6) is 5.75 Å². The summed E-state index contributed by atoms with van der Waals surface area (Å²) in [4.78, 5) is -1.04. The second-order valence-corrected chi connectivity index (χ2v) is 9.42. The van der Waals surface area contributed by atoms with Crippen molar-refractivity contribution in [1.82, 2.24) is 0 Å². The fourth-order valence-corrected chi connectivity index (χ4v) is 3.87. The van der Waals surface area contributed by atoms with Crippen LogP contribution in [0, 0.1) is 11.3 Å². The van der Waals surface area contributed by atoms with E-state index in [-0.39, 0.29) is 10.5 Å². The standard InChI is InChI=1S/C17H12F3NO5S2/c1-27(22,23)14-6-2-12(3-7-14)10-16(11-21)28(24,25)15-8-4-13(5-9-15)26-17(18,19)20/h2-10H,1H3. The Labute approximate surface area is 159 Å². The molecule has 2 rings (SSSR count). The Morgan fingerprint density at radius 2 is 1.46 bits per heavy atom. The normalized spacial score (nSPS) is 13.0. The number of nitrogens with zero attached hydrogens (tertiary/aromatic N) is 1. The van der Waals surface area contributed by atoms with Gasteiger partial charge in [0, 0.05) is 6.26 Å². The van der Waals surface area contributed by atoms with Crippen molar-refractivity contribution >= 4 is 25.8 Å². The number of halogens is 3. The van der Waals surface area contributed by atoms with Crippen LogP contribution in [-0.4, -0.2) is 29.5 Å². The third-order valence-electron chi connectivity index (χ3n) is 3.37. The van der Waals surface area contributed by atoms with Gasteiger partial charge in [-0.1, -0.05) is 12.1 Å². The van der Waals surface area contributed by atoms with Crippen molar-refractivity contribution in [2.45, 2.75) is 16.2 Å². The summed E-state index contributed by atoms with van der Waals surface area (Å²) in [6, 6.07) is 10.1. The number of rotatable bonds is 5. The van der Waals surface area contributed by atoms with E-state index in [2.05, 4.69) is 4.74 Å². The lowest BCUT2D eigenvalue weighted by atomic mass is 10.2. The van der Waals surface area contributed by atoms with Crippen LogP contribution in [0.3, 0.4) is 0 Å². The second kappa shape index (κ2) is 7.65. The van der Waals surface area contributed by atoms with Crippen LogP contribution >= 0.6 is 0 Å². The molecule has 2 aromatic rings. The van der Waals surface area contributed by atoms with Gasteiger partial charge in [-0.05, 0) is 48.0 Å². The largest absolute Gasteiger partial charge is 0.573 e. The predicted octanol–water partition coefficient (Wildman–Crippen LogP) is 3.33. The maximum atomic E-state index is 12.5. The molecule has 0 saturated carbocycles. The molecule has 2 aromatic carbocycles. The van der Waals surface area contributed by atoms with Crippen molar-refractivity contribution < 1.29 is 34.7 Å². The van der Waals surface area contributed by atoms with Gasteiger partial charge in [-0.3, -0.25) is 0 Å². The Bertz CT molecular complexity index is 1140. The maximum absolute atomic E-state index is 12.5. The van der Waals surface area contributed by atoms with Gasteiger partial charge in [0.15, 0.2) is 9.84 Å². The molecule has 0 saturated heterocycles. The van der Waals surface area contributed by atoms with E-state index in [1.54, 1.807) is 0 Å². The number of sulfone groups is 2. The third-order valence-corrected chi connectivity index (χ3v) is 6.18. The Kier molecular flexibility index (Phi) is 5.86. The van der Waals surface area contributed by atoms with Gasteiger partial charge in [0.1, 0.15) is 16.7 Å². The summed E-state index contributed by atoms with van der Waals surface area (Å²) in [5.41, 5.74) is 0.254. The average molecular weight is 431 g/mol. The highest BCUT2D eigenvalue weighted by atomic mass is 32.2. The fraction of sp³-hybridized carbons (Fsp3) is 0.118. The number of hydrogen-bond donors (Lipinski definition) is 0. The van der Waals surface area contributed by atoms with E-state index in [1.807, 2.05) is 0 Å². The first-order chi connectivity index (χ1) is 12.8. The lowest BCUT2D eigenvalue weighted by Crippen LogP contribution is -2.17. The fourth-order valence-electron chi connectivity index (χ4n) is 2.08. The molecule has 6 nitrogen and oxygen atoms in total. The number of nitriles is 1. The molecule has 0 amide bonds. The molecule has 0 spiro atoms. The van der Waals surface area contributed by atoms with Gasteiger partial charge in [0.2, 0.25) is 9.84 Å². The summed E-state index contributed by atoms with van der Waals surface area (Å²) >= 11 is 0. The highest BCUT2D eigenvalue weighted by Gasteiger charge is 2.31. The Balaban J connectivity index is 2.37. The van der Waals surface area contributed by atoms with Gasteiger partial charge in [-0.15, -0.1) is 13.2 Å². The molecule has 0 heterocycles. The third kappa shape index (κ3) is 5.34.